The zero-order chi connectivity index (χ0) is 16.6. The summed E-state index contributed by atoms with van der Waals surface area (Å²) in [7, 11) is 1.40. The number of carbonyl (C=O) groups is 1. The van der Waals surface area contributed by atoms with Gasteiger partial charge in [0.1, 0.15) is 11.2 Å². The number of aliphatic carboxylic acids is 1. The second-order valence-electron chi connectivity index (χ2n) is 6.21. The van der Waals surface area contributed by atoms with Gasteiger partial charge in [0.25, 0.3) is 0 Å². The summed E-state index contributed by atoms with van der Waals surface area (Å²) in [6, 6.07) is 2.40. The lowest BCUT2D eigenvalue weighted by Gasteiger charge is -2.34. The molecule has 126 valence electrons. The zero-order valence-electron chi connectivity index (χ0n) is 12.8. The van der Waals surface area contributed by atoms with E-state index in [9.17, 15) is 18.7 Å². The highest BCUT2D eigenvalue weighted by atomic mass is 19.2. The van der Waals surface area contributed by atoms with E-state index in [4.69, 9.17) is 9.47 Å². The minimum Gasteiger partial charge on any atom is -0.496 e. The van der Waals surface area contributed by atoms with Gasteiger partial charge in [-0.25, -0.2) is 8.78 Å². The van der Waals surface area contributed by atoms with Crippen LogP contribution in [0, 0.1) is 23.0 Å². The molecule has 5 nitrogen and oxygen atoms in total. The van der Waals surface area contributed by atoms with Crippen LogP contribution in [0.15, 0.2) is 12.1 Å². The molecule has 0 bridgehead atoms. The molecule has 2 fully saturated rings. The van der Waals surface area contributed by atoms with Gasteiger partial charge in [0.2, 0.25) is 0 Å². The lowest BCUT2D eigenvalue weighted by Crippen LogP contribution is -2.46. The summed E-state index contributed by atoms with van der Waals surface area (Å²) in [6.07, 6.45) is 0.658. The van der Waals surface area contributed by atoms with Crippen LogP contribution in [0.3, 0.4) is 0 Å². The van der Waals surface area contributed by atoms with E-state index in [1.165, 1.54) is 13.2 Å². The second-order valence-corrected chi connectivity index (χ2v) is 6.21. The normalized spacial score (nSPS) is 27.7. The van der Waals surface area contributed by atoms with E-state index in [2.05, 4.69) is 0 Å². The van der Waals surface area contributed by atoms with Gasteiger partial charge in [0.05, 0.1) is 13.7 Å². The summed E-state index contributed by atoms with van der Waals surface area (Å²) in [6.45, 7) is 1.58. The summed E-state index contributed by atoms with van der Waals surface area (Å²) in [5, 5.41) is 9.62. The van der Waals surface area contributed by atoms with E-state index < -0.39 is 23.0 Å². The first-order valence-corrected chi connectivity index (χ1v) is 7.52. The van der Waals surface area contributed by atoms with Crippen LogP contribution in [0.4, 0.5) is 8.78 Å². The van der Waals surface area contributed by atoms with Crippen molar-refractivity contribution in [2.24, 2.45) is 11.3 Å². The molecule has 0 amide bonds. The van der Waals surface area contributed by atoms with Gasteiger partial charge in [-0.05, 0) is 24.5 Å². The van der Waals surface area contributed by atoms with E-state index >= 15 is 0 Å². The summed E-state index contributed by atoms with van der Waals surface area (Å²) >= 11 is 0. The molecule has 7 heteroatoms. The van der Waals surface area contributed by atoms with Crippen LogP contribution in [0.5, 0.6) is 5.75 Å². The second kappa shape index (κ2) is 6.05. The molecule has 0 aliphatic carbocycles. The van der Waals surface area contributed by atoms with Crippen molar-refractivity contribution in [3.63, 3.8) is 0 Å². The number of ether oxygens (including phenoxy) is 2. The Hall–Kier alpha value is -1.73. The number of likely N-dealkylation sites (tertiary alicyclic amines) is 1. The molecule has 0 unspecified atom stereocenters. The van der Waals surface area contributed by atoms with Gasteiger partial charge in [-0.15, -0.1) is 0 Å². The number of rotatable bonds is 4. The monoisotopic (exact) mass is 327 g/mol. The predicted molar refractivity (Wildman–Crippen MR) is 77.2 cm³/mol. The highest BCUT2D eigenvalue weighted by Gasteiger charge is 2.54. The lowest BCUT2D eigenvalue weighted by atomic mass is 9.76. The van der Waals surface area contributed by atoms with Crippen LogP contribution in [0.1, 0.15) is 12.0 Å². The largest absolute Gasteiger partial charge is 0.496 e. The molecule has 0 radical (unpaired) electrons. The molecule has 1 N–H and O–H groups in total. The molecule has 2 aliphatic heterocycles. The number of nitrogens with zero attached hydrogens (tertiary/aromatic N) is 1. The van der Waals surface area contributed by atoms with E-state index in [0.29, 0.717) is 19.6 Å². The first-order chi connectivity index (χ1) is 11.0. The first-order valence-electron chi connectivity index (χ1n) is 7.52. The third-order valence-electron chi connectivity index (χ3n) is 4.92. The third kappa shape index (κ3) is 2.68. The van der Waals surface area contributed by atoms with Crippen molar-refractivity contribution in [3.05, 3.63) is 29.3 Å². The quantitative estimate of drug-likeness (QED) is 0.915. The number of carboxylic acid groups (broad SMARTS) is 1. The number of benzene rings is 1. The van der Waals surface area contributed by atoms with E-state index in [-0.39, 0.29) is 36.9 Å². The molecular weight excluding hydrogens is 308 g/mol. The Morgan fingerprint density at radius 1 is 1.52 bits per heavy atom. The van der Waals surface area contributed by atoms with Crippen molar-refractivity contribution in [1.82, 2.24) is 4.90 Å². The minimum atomic E-state index is -0.963. The van der Waals surface area contributed by atoms with Crippen molar-refractivity contribution in [2.45, 2.75) is 13.0 Å². The topological polar surface area (TPSA) is 59.0 Å². The third-order valence-corrected chi connectivity index (χ3v) is 4.92. The summed E-state index contributed by atoms with van der Waals surface area (Å²) in [5.74, 6) is -2.55. The standard InChI is InChI=1S/C16H19F2NO4/c1-22-13-3-2-12(17)14(18)11(13)7-19-6-10-4-5-23-9-16(10,8-19)15(20)21/h2-3,10H,4-9H2,1H3,(H,20,21)/t10-,16+/m0/s1. The molecule has 0 spiro atoms. The van der Waals surface area contributed by atoms with E-state index in [1.807, 2.05) is 4.90 Å². The average molecular weight is 327 g/mol. The number of hydrogen-bond donors (Lipinski definition) is 1. The highest BCUT2D eigenvalue weighted by molar-refractivity contribution is 5.76. The smallest absolute Gasteiger partial charge is 0.313 e. The van der Waals surface area contributed by atoms with Gasteiger partial charge < -0.3 is 14.6 Å². The summed E-state index contributed by atoms with van der Waals surface area (Å²) in [4.78, 5) is 13.6. The molecule has 2 aliphatic rings. The van der Waals surface area contributed by atoms with Gasteiger partial charge >= 0.3 is 5.97 Å². The maximum absolute atomic E-state index is 14.1. The molecule has 0 aromatic heterocycles. The van der Waals surface area contributed by atoms with Gasteiger partial charge in [0, 0.05) is 31.8 Å². The van der Waals surface area contributed by atoms with Crippen molar-refractivity contribution in [3.8, 4) is 5.75 Å². The van der Waals surface area contributed by atoms with Crippen molar-refractivity contribution in [1.29, 1.82) is 0 Å². The molecule has 1 aromatic carbocycles. The lowest BCUT2D eigenvalue weighted by molar-refractivity contribution is -0.159. The van der Waals surface area contributed by atoms with E-state index in [1.54, 1.807) is 0 Å². The van der Waals surface area contributed by atoms with E-state index in [0.717, 1.165) is 6.07 Å². The van der Waals surface area contributed by atoms with Crippen LogP contribution in [-0.2, 0) is 16.1 Å². The zero-order valence-corrected chi connectivity index (χ0v) is 12.8. The number of hydrogen-bond acceptors (Lipinski definition) is 4. The Labute approximate surface area is 132 Å². The molecule has 3 rings (SSSR count). The molecule has 0 saturated carbocycles. The predicted octanol–water partition coefficient (Wildman–Crippen LogP) is 1.90. The van der Waals surface area contributed by atoms with Gasteiger partial charge in [0.15, 0.2) is 11.6 Å². The maximum Gasteiger partial charge on any atom is 0.313 e. The SMILES string of the molecule is COc1ccc(F)c(F)c1CN1C[C@@H]2CCOC[C@]2(C(=O)O)C1. The molecular formula is C16H19F2NO4. The Bertz CT molecular complexity index is 624. The Kier molecular flexibility index (Phi) is 4.25. The van der Waals surface area contributed by atoms with Crippen molar-refractivity contribution < 1.29 is 28.2 Å². The molecule has 2 saturated heterocycles. The maximum atomic E-state index is 14.1. The molecule has 2 heterocycles. The van der Waals surface area contributed by atoms with Crippen molar-refractivity contribution >= 4 is 5.97 Å². The number of fused-ring (bicyclic) bond motifs is 1. The van der Waals surface area contributed by atoms with Crippen LogP contribution >= 0.6 is 0 Å². The fourth-order valence-corrected chi connectivity index (χ4v) is 3.65. The molecule has 2 atom stereocenters. The minimum absolute atomic E-state index is 0.0450. The fourth-order valence-electron chi connectivity index (χ4n) is 3.65. The highest BCUT2D eigenvalue weighted by Crippen LogP contribution is 2.42. The van der Waals surface area contributed by atoms with Crippen LogP contribution < -0.4 is 4.74 Å². The Morgan fingerprint density at radius 3 is 2.96 bits per heavy atom. The number of methoxy groups -OCH3 is 1. The fraction of sp³-hybridized carbons (Fsp3) is 0.562. The number of carboxylic acids is 1. The Balaban J connectivity index is 1.85. The summed E-state index contributed by atoms with van der Waals surface area (Å²) in [5.41, 5.74) is -0.845. The molecule has 23 heavy (non-hydrogen) atoms. The van der Waals surface area contributed by atoms with Gasteiger partial charge in [-0.1, -0.05) is 0 Å². The number of halogens is 2. The first kappa shape index (κ1) is 16.1. The van der Waals surface area contributed by atoms with Crippen molar-refractivity contribution in [2.75, 3.05) is 33.4 Å². The Morgan fingerprint density at radius 2 is 2.30 bits per heavy atom. The average Bonchev–Trinajstić information content (AvgIpc) is 2.91. The summed E-state index contributed by atoms with van der Waals surface area (Å²) < 4.78 is 38.1. The van der Waals surface area contributed by atoms with Crippen LogP contribution in [0.25, 0.3) is 0 Å². The van der Waals surface area contributed by atoms with Gasteiger partial charge in [-0.2, -0.15) is 0 Å². The van der Waals surface area contributed by atoms with Crippen LogP contribution in [-0.4, -0.2) is 49.4 Å². The van der Waals surface area contributed by atoms with Crippen LogP contribution in [0.2, 0.25) is 0 Å². The molecule has 1 aromatic rings. The van der Waals surface area contributed by atoms with Gasteiger partial charge in [-0.3, -0.25) is 9.69 Å².